The van der Waals surface area contributed by atoms with Gasteiger partial charge in [-0.25, -0.2) is 0 Å². The van der Waals surface area contributed by atoms with Crippen molar-refractivity contribution in [3.8, 4) is 23.0 Å². The molecule has 0 fully saturated rings. The monoisotopic (exact) mass is 595 g/mol. The molecule has 0 aliphatic rings. The van der Waals surface area contributed by atoms with Crippen LogP contribution in [0, 0.1) is 0 Å². The van der Waals surface area contributed by atoms with E-state index in [1.54, 1.807) is 19.4 Å². The number of ether oxygens (including phenoxy) is 3. The van der Waals surface area contributed by atoms with E-state index >= 15 is 0 Å². The van der Waals surface area contributed by atoms with Crippen LogP contribution >= 0.6 is 11.6 Å². The Labute approximate surface area is 253 Å². The first-order valence-corrected chi connectivity index (χ1v) is 14.7. The Morgan fingerprint density at radius 3 is 2.14 bits per heavy atom. The first-order chi connectivity index (χ1) is 20.4. The molecule has 0 unspecified atom stereocenters. The number of pyridine rings is 1. The number of nitrogens with zero attached hydrogens (tertiary/aromatic N) is 2. The minimum Gasteiger partial charge on any atom is -0.493 e. The summed E-state index contributed by atoms with van der Waals surface area (Å²) in [5, 5.41) is 23.0. The summed E-state index contributed by atoms with van der Waals surface area (Å²) in [7, 11) is 1.58. The molecule has 0 bridgehead atoms. The topological polar surface area (TPSA) is 96.3 Å². The number of benzene rings is 3. The summed E-state index contributed by atoms with van der Waals surface area (Å²) in [6.07, 6.45) is 1.67. The van der Waals surface area contributed by atoms with E-state index in [-0.39, 0.29) is 13.2 Å². The first kappa shape index (κ1) is 32.9. The zero-order chi connectivity index (χ0) is 30.5. The van der Waals surface area contributed by atoms with Crippen molar-refractivity contribution in [2.45, 2.75) is 33.6 Å². The minimum atomic E-state index is 0.0154. The van der Waals surface area contributed by atoms with E-state index in [0.717, 1.165) is 16.8 Å². The molecule has 0 spiro atoms. The second-order valence-electron chi connectivity index (χ2n) is 9.62. The van der Waals surface area contributed by atoms with Gasteiger partial charge >= 0.3 is 0 Å². The number of hydrogen-bond donors (Lipinski definition) is 3. The normalized spacial score (nSPS) is 10.9. The Hall–Kier alpha value is -3.56. The largest absolute Gasteiger partial charge is 0.493 e. The van der Waals surface area contributed by atoms with Gasteiger partial charge in [0.1, 0.15) is 18.1 Å². The fourth-order valence-electron chi connectivity index (χ4n) is 4.29. The Balaban J connectivity index is 0.00000237. The molecule has 3 N–H and O–H groups in total. The number of methoxy groups -OCH3 is 1. The van der Waals surface area contributed by atoms with Gasteiger partial charge in [0.05, 0.1) is 30.9 Å². The van der Waals surface area contributed by atoms with Crippen LogP contribution < -0.4 is 19.5 Å². The van der Waals surface area contributed by atoms with Crippen LogP contribution in [0.25, 0.3) is 10.9 Å². The summed E-state index contributed by atoms with van der Waals surface area (Å²) in [4.78, 5) is 6.41. The summed E-state index contributed by atoms with van der Waals surface area (Å²) < 4.78 is 17.8. The molecule has 3 aromatic carbocycles. The van der Waals surface area contributed by atoms with E-state index in [1.165, 1.54) is 5.56 Å². The Morgan fingerprint density at radius 1 is 0.833 bits per heavy atom. The van der Waals surface area contributed by atoms with E-state index in [4.69, 9.17) is 25.8 Å². The average Bonchev–Trinajstić information content (AvgIpc) is 3.00. The van der Waals surface area contributed by atoms with E-state index in [2.05, 4.69) is 48.4 Å². The lowest BCUT2D eigenvalue weighted by atomic mass is 10.0. The van der Waals surface area contributed by atoms with Gasteiger partial charge in [0.25, 0.3) is 0 Å². The molecule has 8 nitrogen and oxygen atoms in total. The molecule has 0 saturated carbocycles. The van der Waals surface area contributed by atoms with Crippen LogP contribution in [0.1, 0.15) is 39.2 Å². The van der Waals surface area contributed by atoms with Gasteiger partial charge in [0.2, 0.25) is 0 Å². The number of fused-ring (bicyclic) bond motifs is 1. The highest BCUT2D eigenvalue weighted by Gasteiger charge is 2.14. The molecule has 0 aliphatic carbocycles. The summed E-state index contributed by atoms with van der Waals surface area (Å²) in [6.45, 7) is 10.2. The van der Waals surface area contributed by atoms with Gasteiger partial charge in [-0.3, -0.25) is 9.88 Å². The quantitative estimate of drug-likeness (QED) is 0.140. The maximum absolute atomic E-state index is 9.21. The molecule has 1 heterocycles. The van der Waals surface area contributed by atoms with Crippen LogP contribution in [-0.2, 0) is 0 Å². The Morgan fingerprint density at radius 2 is 1.52 bits per heavy atom. The Bertz CT molecular complexity index is 1390. The molecule has 4 rings (SSSR count). The van der Waals surface area contributed by atoms with Crippen LogP contribution in [0.4, 0.5) is 11.4 Å². The number of aliphatic hydroxyl groups excluding tert-OH is 2. The lowest BCUT2D eigenvalue weighted by molar-refractivity contribution is 0.140. The number of rotatable bonds is 14. The number of nitrogens with one attached hydrogen (secondary N) is 1. The molecule has 226 valence electrons. The highest BCUT2D eigenvalue weighted by atomic mass is 35.5. The zero-order valence-electron chi connectivity index (χ0n) is 25.1. The molecular formula is C33H42ClN3O5. The second kappa shape index (κ2) is 16.8. The smallest absolute Gasteiger partial charge is 0.163 e. The summed E-state index contributed by atoms with van der Waals surface area (Å²) in [5.41, 5.74) is 3.80. The van der Waals surface area contributed by atoms with Gasteiger partial charge in [-0.15, -0.1) is 0 Å². The summed E-state index contributed by atoms with van der Waals surface area (Å²) >= 11 is 6.61. The number of aliphatic hydroxyl groups is 2. The van der Waals surface area contributed by atoms with Gasteiger partial charge in [-0.2, -0.15) is 0 Å². The molecule has 0 atom stereocenters. The van der Waals surface area contributed by atoms with Crippen molar-refractivity contribution in [3.63, 3.8) is 0 Å². The molecule has 0 radical (unpaired) electrons. The summed E-state index contributed by atoms with van der Waals surface area (Å²) in [6, 6.07) is 19.4. The van der Waals surface area contributed by atoms with Gasteiger partial charge in [-0.1, -0.05) is 51.4 Å². The average molecular weight is 596 g/mol. The van der Waals surface area contributed by atoms with Crippen molar-refractivity contribution in [1.82, 2.24) is 9.88 Å². The van der Waals surface area contributed by atoms with Crippen molar-refractivity contribution in [2.24, 2.45) is 0 Å². The van der Waals surface area contributed by atoms with Gasteiger partial charge in [0.15, 0.2) is 11.5 Å². The predicted octanol–water partition coefficient (Wildman–Crippen LogP) is 7.25. The molecule has 1 aromatic heterocycles. The van der Waals surface area contributed by atoms with E-state index < -0.39 is 0 Å². The molecule has 0 aliphatic heterocycles. The van der Waals surface area contributed by atoms with Crippen LogP contribution in [0.5, 0.6) is 23.0 Å². The molecule has 4 aromatic rings. The lowest BCUT2D eigenvalue weighted by Crippen LogP contribution is -2.33. The third-order valence-corrected chi connectivity index (χ3v) is 6.80. The number of aromatic nitrogens is 1. The first-order valence-electron chi connectivity index (χ1n) is 14.3. The van der Waals surface area contributed by atoms with Crippen molar-refractivity contribution in [1.29, 1.82) is 0 Å². The maximum Gasteiger partial charge on any atom is 0.163 e. The van der Waals surface area contributed by atoms with E-state index in [1.807, 2.05) is 49.1 Å². The van der Waals surface area contributed by atoms with Crippen LogP contribution in [0.2, 0.25) is 5.02 Å². The zero-order valence-corrected chi connectivity index (χ0v) is 25.8. The second-order valence-corrected chi connectivity index (χ2v) is 10.0. The van der Waals surface area contributed by atoms with Crippen LogP contribution in [-0.4, -0.2) is 66.7 Å². The maximum atomic E-state index is 9.21. The number of hydrogen-bond acceptors (Lipinski definition) is 8. The molecule has 9 heteroatoms. The predicted molar refractivity (Wildman–Crippen MR) is 171 cm³/mol. The SMILES string of the molecule is CC.COc1cc2c(Oc3ccc(Nc4ccc(C(C)C)cc4)cc3Cl)ccnc2cc1OCCN(CCO)CCO. The molecule has 0 amide bonds. The van der Waals surface area contributed by atoms with Crippen LogP contribution in [0.15, 0.2) is 66.9 Å². The number of halogens is 1. The van der Waals surface area contributed by atoms with Gasteiger partial charge in [0, 0.05) is 48.7 Å². The van der Waals surface area contributed by atoms with Crippen molar-refractivity contribution < 1.29 is 24.4 Å². The highest BCUT2D eigenvalue weighted by molar-refractivity contribution is 6.32. The van der Waals surface area contributed by atoms with Crippen LogP contribution in [0.3, 0.4) is 0 Å². The molecule has 0 saturated heterocycles. The standard InChI is InChI=1S/C31H36ClN3O5.C2H6/c1-21(2)22-4-6-23(7-5-22)34-24-8-9-29(26(32)18-24)40-28-10-11-33-27-20-31(30(38-3)19-25(27)28)39-17-14-35(12-15-36)13-16-37;1-2/h4-11,18-21,34,36-37H,12-17H2,1-3H3;1-2H3. The molecule has 42 heavy (non-hydrogen) atoms. The summed E-state index contributed by atoms with van der Waals surface area (Å²) in [5.74, 6) is 2.66. The minimum absolute atomic E-state index is 0.0154. The lowest BCUT2D eigenvalue weighted by Gasteiger charge is -2.20. The van der Waals surface area contributed by atoms with E-state index in [0.29, 0.717) is 65.7 Å². The fraction of sp³-hybridized carbons (Fsp3) is 0.364. The Kier molecular flexibility index (Phi) is 13.2. The fourth-order valence-corrected chi connectivity index (χ4v) is 4.51. The highest BCUT2D eigenvalue weighted by Crippen LogP contribution is 2.39. The van der Waals surface area contributed by atoms with E-state index in [9.17, 15) is 10.2 Å². The molecular weight excluding hydrogens is 554 g/mol. The third kappa shape index (κ3) is 8.97. The van der Waals surface area contributed by atoms with Gasteiger partial charge < -0.3 is 29.7 Å². The van der Waals surface area contributed by atoms with Crippen molar-refractivity contribution in [3.05, 3.63) is 77.4 Å². The third-order valence-electron chi connectivity index (χ3n) is 6.50. The van der Waals surface area contributed by atoms with Crippen molar-refractivity contribution >= 4 is 33.9 Å². The van der Waals surface area contributed by atoms with Gasteiger partial charge in [-0.05, 0) is 53.9 Å². The van der Waals surface area contributed by atoms with Crippen molar-refractivity contribution in [2.75, 3.05) is 51.9 Å². The number of anilines is 2.